The summed E-state index contributed by atoms with van der Waals surface area (Å²) in [6.45, 7) is 6.72. The Labute approximate surface area is 155 Å². The molecule has 0 aromatic carbocycles. The van der Waals surface area contributed by atoms with E-state index in [1.54, 1.807) is 0 Å². The molecule has 0 aromatic rings. The van der Waals surface area contributed by atoms with Crippen molar-refractivity contribution in [2.75, 3.05) is 6.54 Å². The molecule has 4 fully saturated rings. The number of nitrogens with zero attached hydrogens (tertiary/aromatic N) is 1. The standard InChI is InChI=1S/C20H31N3O3/c1-18(2)13-7-10-19(18,3)14(11-13)21-15(24)12-23-16(25)20(22-17(23)26)8-5-4-6-9-20/h13-14H,4-12H2,1-3H3,(H,21,24)(H,22,26). The fourth-order valence-corrected chi connectivity index (χ4v) is 6.12. The van der Waals surface area contributed by atoms with Gasteiger partial charge in [-0.2, -0.15) is 0 Å². The van der Waals surface area contributed by atoms with Crippen molar-refractivity contribution in [3.05, 3.63) is 0 Å². The molecule has 3 saturated carbocycles. The molecule has 0 radical (unpaired) electrons. The third-order valence-corrected chi connectivity index (χ3v) is 8.38. The molecule has 1 aliphatic heterocycles. The molecule has 1 heterocycles. The first-order chi connectivity index (χ1) is 12.2. The molecular formula is C20H31N3O3. The van der Waals surface area contributed by atoms with Crippen LogP contribution in [0.15, 0.2) is 0 Å². The van der Waals surface area contributed by atoms with Crippen LogP contribution in [0.5, 0.6) is 0 Å². The minimum atomic E-state index is -0.754. The van der Waals surface area contributed by atoms with E-state index in [0.717, 1.165) is 37.0 Å². The molecule has 2 bridgehead atoms. The zero-order valence-corrected chi connectivity index (χ0v) is 16.2. The maximum Gasteiger partial charge on any atom is 0.325 e. The van der Waals surface area contributed by atoms with Gasteiger partial charge in [0.25, 0.3) is 5.91 Å². The number of amides is 4. The number of carbonyl (C=O) groups is 3. The number of imide groups is 1. The van der Waals surface area contributed by atoms with Gasteiger partial charge >= 0.3 is 6.03 Å². The minimum absolute atomic E-state index is 0.0925. The Morgan fingerprint density at radius 2 is 1.85 bits per heavy atom. The van der Waals surface area contributed by atoms with Crippen LogP contribution in [-0.2, 0) is 9.59 Å². The Bertz CT molecular complexity index is 653. The largest absolute Gasteiger partial charge is 0.351 e. The average molecular weight is 361 g/mol. The number of rotatable bonds is 3. The van der Waals surface area contributed by atoms with Crippen LogP contribution in [0.2, 0.25) is 0 Å². The van der Waals surface area contributed by atoms with Gasteiger partial charge in [0.15, 0.2) is 0 Å². The quantitative estimate of drug-likeness (QED) is 0.759. The van der Waals surface area contributed by atoms with Gasteiger partial charge in [-0.3, -0.25) is 14.5 Å². The van der Waals surface area contributed by atoms with Crippen LogP contribution in [0, 0.1) is 16.7 Å². The molecule has 3 atom stereocenters. The molecule has 3 aliphatic carbocycles. The highest BCUT2D eigenvalue weighted by molar-refractivity contribution is 6.09. The molecule has 0 aromatic heterocycles. The Balaban J connectivity index is 1.41. The predicted molar refractivity (Wildman–Crippen MR) is 97.2 cm³/mol. The van der Waals surface area contributed by atoms with Gasteiger partial charge < -0.3 is 10.6 Å². The van der Waals surface area contributed by atoms with Crippen molar-refractivity contribution in [3.8, 4) is 0 Å². The second-order valence-electron chi connectivity index (χ2n) is 9.69. The predicted octanol–water partition coefficient (Wildman–Crippen LogP) is 2.57. The normalized spacial score (nSPS) is 37.3. The summed E-state index contributed by atoms with van der Waals surface area (Å²) in [7, 11) is 0. The lowest BCUT2D eigenvalue weighted by atomic mass is 9.69. The molecule has 3 unspecified atom stereocenters. The molecule has 6 nitrogen and oxygen atoms in total. The van der Waals surface area contributed by atoms with Gasteiger partial charge in [0.2, 0.25) is 5.91 Å². The van der Waals surface area contributed by atoms with E-state index in [0.29, 0.717) is 18.8 Å². The van der Waals surface area contributed by atoms with Crippen LogP contribution < -0.4 is 10.6 Å². The van der Waals surface area contributed by atoms with Crippen molar-refractivity contribution in [3.63, 3.8) is 0 Å². The Morgan fingerprint density at radius 3 is 2.42 bits per heavy atom. The number of nitrogens with one attached hydrogen (secondary N) is 2. The van der Waals surface area contributed by atoms with E-state index in [9.17, 15) is 14.4 Å². The molecule has 2 N–H and O–H groups in total. The van der Waals surface area contributed by atoms with Gasteiger partial charge in [-0.1, -0.05) is 40.0 Å². The first-order valence-electron chi connectivity index (χ1n) is 10.1. The first kappa shape index (κ1) is 17.8. The minimum Gasteiger partial charge on any atom is -0.351 e. The van der Waals surface area contributed by atoms with E-state index in [4.69, 9.17) is 0 Å². The Hall–Kier alpha value is -1.59. The van der Waals surface area contributed by atoms with Crippen molar-refractivity contribution >= 4 is 17.8 Å². The van der Waals surface area contributed by atoms with Gasteiger partial charge in [-0.25, -0.2) is 4.79 Å². The van der Waals surface area contributed by atoms with Gasteiger partial charge in [-0.05, 0) is 48.9 Å². The average Bonchev–Trinajstić information content (AvgIpc) is 3.02. The maximum absolute atomic E-state index is 12.8. The molecule has 26 heavy (non-hydrogen) atoms. The fourth-order valence-electron chi connectivity index (χ4n) is 6.12. The summed E-state index contributed by atoms with van der Waals surface area (Å²) in [6, 6.07) is -0.278. The zero-order valence-electron chi connectivity index (χ0n) is 16.2. The highest BCUT2D eigenvalue weighted by Crippen LogP contribution is 2.65. The lowest BCUT2D eigenvalue weighted by Crippen LogP contribution is -2.51. The first-order valence-corrected chi connectivity index (χ1v) is 10.1. The van der Waals surface area contributed by atoms with Crippen LogP contribution in [0.25, 0.3) is 0 Å². The van der Waals surface area contributed by atoms with Gasteiger partial charge in [0.1, 0.15) is 12.1 Å². The number of hydrogen-bond donors (Lipinski definition) is 2. The molecule has 1 spiro atoms. The molecule has 1 saturated heterocycles. The summed E-state index contributed by atoms with van der Waals surface area (Å²) in [5.74, 6) is 0.216. The third-order valence-electron chi connectivity index (χ3n) is 8.38. The summed E-state index contributed by atoms with van der Waals surface area (Å²) < 4.78 is 0. The van der Waals surface area contributed by atoms with Crippen LogP contribution in [-0.4, -0.2) is 40.9 Å². The second-order valence-corrected chi connectivity index (χ2v) is 9.69. The van der Waals surface area contributed by atoms with Gasteiger partial charge in [0, 0.05) is 6.04 Å². The van der Waals surface area contributed by atoms with Crippen LogP contribution in [0.3, 0.4) is 0 Å². The lowest BCUT2D eigenvalue weighted by Gasteiger charge is -2.39. The van der Waals surface area contributed by atoms with Gasteiger partial charge in [0.05, 0.1) is 0 Å². The SMILES string of the molecule is CC1(C)C2CCC1(C)C(NC(=O)CN1C(=O)NC3(CCCCC3)C1=O)C2. The van der Waals surface area contributed by atoms with E-state index < -0.39 is 11.6 Å². The highest BCUT2D eigenvalue weighted by Gasteiger charge is 2.61. The summed E-state index contributed by atoms with van der Waals surface area (Å²) in [4.78, 5) is 38.9. The molecule has 6 heteroatoms. The molecule has 4 rings (SSSR count). The van der Waals surface area contributed by atoms with E-state index in [1.165, 1.54) is 6.42 Å². The van der Waals surface area contributed by atoms with Crippen LogP contribution >= 0.6 is 0 Å². The van der Waals surface area contributed by atoms with Crippen molar-refractivity contribution in [1.82, 2.24) is 15.5 Å². The topological polar surface area (TPSA) is 78.5 Å². The number of carbonyl (C=O) groups excluding carboxylic acids is 3. The third kappa shape index (κ3) is 2.33. The van der Waals surface area contributed by atoms with Crippen LogP contribution in [0.1, 0.15) is 72.1 Å². The molecular weight excluding hydrogens is 330 g/mol. The van der Waals surface area contributed by atoms with Crippen molar-refractivity contribution in [2.45, 2.75) is 83.7 Å². The number of urea groups is 1. The zero-order chi connectivity index (χ0) is 18.7. The maximum atomic E-state index is 12.8. The second kappa shape index (κ2) is 5.70. The molecule has 144 valence electrons. The summed E-state index contributed by atoms with van der Waals surface area (Å²) in [6.07, 6.45) is 7.72. The Kier molecular flexibility index (Phi) is 3.90. The Morgan fingerprint density at radius 1 is 1.15 bits per heavy atom. The monoisotopic (exact) mass is 361 g/mol. The molecule has 4 amide bonds. The summed E-state index contributed by atoms with van der Waals surface area (Å²) in [5.41, 5.74) is -0.441. The molecule has 4 aliphatic rings. The van der Waals surface area contributed by atoms with E-state index in [1.807, 2.05) is 0 Å². The highest BCUT2D eigenvalue weighted by atomic mass is 16.2. The summed E-state index contributed by atoms with van der Waals surface area (Å²) >= 11 is 0. The number of fused-ring (bicyclic) bond motifs is 2. The van der Waals surface area contributed by atoms with Gasteiger partial charge in [-0.15, -0.1) is 0 Å². The smallest absolute Gasteiger partial charge is 0.325 e. The fraction of sp³-hybridized carbons (Fsp3) is 0.850. The van der Waals surface area contributed by atoms with E-state index >= 15 is 0 Å². The van der Waals surface area contributed by atoms with Crippen LogP contribution in [0.4, 0.5) is 4.79 Å². The summed E-state index contributed by atoms with van der Waals surface area (Å²) in [5, 5.41) is 6.03. The number of hydrogen-bond acceptors (Lipinski definition) is 3. The van der Waals surface area contributed by atoms with Crippen molar-refractivity contribution < 1.29 is 14.4 Å². The van der Waals surface area contributed by atoms with Crippen molar-refractivity contribution in [1.29, 1.82) is 0 Å². The van der Waals surface area contributed by atoms with E-state index in [-0.39, 0.29) is 35.2 Å². The lowest BCUT2D eigenvalue weighted by molar-refractivity contribution is -0.136. The van der Waals surface area contributed by atoms with Crippen molar-refractivity contribution in [2.24, 2.45) is 16.7 Å². The van der Waals surface area contributed by atoms with E-state index in [2.05, 4.69) is 31.4 Å².